The van der Waals surface area contributed by atoms with E-state index in [1.165, 1.54) is 22.4 Å². The average molecular weight is 408 g/mol. The number of aromatic hydroxyl groups is 1. The Balaban J connectivity index is 1.63. The molecule has 2 aromatic carbocycles. The maximum absolute atomic E-state index is 10.3. The Labute approximate surface area is 171 Å². The van der Waals surface area contributed by atoms with E-state index in [0.717, 1.165) is 34.7 Å². The molecule has 0 fully saturated rings. The topological polar surface area (TPSA) is 58.0 Å². The fourth-order valence-corrected chi connectivity index (χ4v) is 5.18. The summed E-state index contributed by atoms with van der Waals surface area (Å²) in [5, 5.41) is 15.2. The zero-order valence-corrected chi connectivity index (χ0v) is 16.6. The molecular formula is C22H18ClN3OS. The van der Waals surface area contributed by atoms with Gasteiger partial charge in [0.05, 0.1) is 11.1 Å². The third kappa shape index (κ3) is 3.21. The number of anilines is 2. The van der Waals surface area contributed by atoms with Crippen molar-refractivity contribution in [2.45, 2.75) is 25.7 Å². The van der Waals surface area contributed by atoms with Crippen LogP contribution in [0.4, 0.5) is 11.5 Å². The van der Waals surface area contributed by atoms with E-state index in [1.807, 2.05) is 18.2 Å². The fraction of sp³-hybridized carbons (Fsp3) is 0.182. The maximum atomic E-state index is 10.3. The van der Waals surface area contributed by atoms with E-state index in [-0.39, 0.29) is 5.75 Å². The summed E-state index contributed by atoms with van der Waals surface area (Å²) >= 11 is 7.89. The number of nitrogens with zero attached hydrogens (tertiary/aromatic N) is 2. The lowest BCUT2D eigenvalue weighted by Crippen LogP contribution is -2.02. The molecule has 0 amide bonds. The molecule has 0 atom stereocenters. The van der Waals surface area contributed by atoms with Gasteiger partial charge in [0.2, 0.25) is 0 Å². The summed E-state index contributed by atoms with van der Waals surface area (Å²) in [5.74, 6) is 1.66. The van der Waals surface area contributed by atoms with Crippen LogP contribution in [0.2, 0.25) is 5.02 Å². The largest absolute Gasteiger partial charge is 0.506 e. The van der Waals surface area contributed by atoms with E-state index in [2.05, 4.69) is 17.4 Å². The molecule has 2 N–H and O–H groups in total. The molecule has 4 aromatic rings. The number of hydrogen-bond acceptors (Lipinski definition) is 5. The first-order valence-corrected chi connectivity index (χ1v) is 10.5. The first-order chi connectivity index (χ1) is 13.7. The van der Waals surface area contributed by atoms with Gasteiger partial charge in [-0.15, -0.1) is 11.3 Å². The highest BCUT2D eigenvalue weighted by Gasteiger charge is 2.23. The molecule has 1 aliphatic carbocycles. The summed E-state index contributed by atoms with van der Waals surface area (Å²) in [5.41, 5.74) is 3.06. The van der Waals surface area contributed by atoms with Gasteiger partial charge in [-0.1, -0.05) is 41.9 Å². The molecule has 0 saturated carbocycles. The zero-order chi connectivity index (χ0) is 19.1. The van der Waals surface area contributed by atoms with Gasteiger partial charge in [-0.25, -0.2) is 9.97 Å². The Morgan fingerprint density at radius 2 is 1.93 bits per heavy atom. The molecule has 2 heterocycles. The Kier molecular flexibility index (Phi) is 4.41. The lowest BCUT2D eigenvalue weighted by Gasteiger charge is -2.12. The lowest BCUT2D eigenvalue weighted by molar-refractivity contribution is 0.477. The second kappa shape index (κ2) is 7.08. The van der Waals surface area contributed by atoms with Crippen molar-refractivity contribution >= 4 is 44.7 Å². The number of nitrogens with one attached hydrogen (secondary N) is 1. The van der Waals surface area contributed by atoms with Crippen LogP contribution < -0.4 is 5.32 Å². The summed E-state index contributed by atoms with van der Waals surface area (Å²) < 4.78 is 0. The minimum atomic E-state index is 0.146. The predicted octanol–water partition coefficient (Wildman–Crippen LogP) is 5.87. The van der Waals surface area contributed by atoms with Crippen LogP contribution in [0.25, 0.3) is 10.2 Å². The Morgan fingerprint density at radius 3 is 2.79 bits per heavy atom. The van der Waals surface area contributed by atoms with Gasteiger partial charge in [0.25, 0.3) is 0 Å². The Bertz CT molecular complexity index is 1170. The van der Waals surface area contributed by atoms with Gasteiger partial charge in [-0.3, -0.25) is 0 Å². The normalized spacial score (nSPS) is 13.0. The van der Waals surface area contributed by atoms with Gasteiger partial charge in [0.1, 0.15) is 22.2 Å². The number of benzene rings is 2. The van der Waals surface area contributed by atoms with Crippen molar-refractivity contribution in [1.82, 2.24) is 9.97 Å². The molecule has 2 aromatic heterocycles. The summed E-state index contributed by atoms with van der Waals surface area (Å²) in [7, 11) is 0. The van der Waals surface area contributed by atoms with Crippen molar-refractivity contribution in [3.63, 3.8) is 0 Å². The fourth-order valence-electron chi connectivity index (χ4n) is 3.72. The molecule has 4 nitrogen and oxygen atoms in total. The van der Waals surface area contributed by atoms with E-state index in [4.69, 9.17) is 21.6 Å². The van der Waals surface area contributed by atoms with Gasteiger partial charge in [0, 0.05) is 16.3 Å². The van der Waals surface area contributed by atoms with Crippen molar-refractivity contribution in [3.05, 3.63) is 75.4 Å². The number of phenols is 1. The standard InChI is InChI=1S/C22H18ClN3OS/c23-14-9-10-17(27)16(12-14)24-21-20-15-7-4-8-18(15)28-22(20)26-19(25-21)11-13-5-2-1-3-6-13/h1-3,5-6,9-10,12,27H,4,7-8,11H2,(H,24,25,26). The minimum absolute atomic E-state index is 0.146. The Hall–Kier alpha value is -2.63. The number of hydrogen-bond donors (Lipinski definition) is 2. The van der Waals surface area contributed by atoms with E-state index in [0.29, 0.717) is 17.1 Å². The SMILES string of the molecule is Oc1ccc(Cl)cc1Nc1nc(Cc2ccccc2)nc2sc3c(c12)CCC3. The van der Waals surface area contributed by atoms with Crippen LogP contribution in [0.5, 0.6) is 5.75 Å². The number of rotatable bonds is 4. The second-order valence-electron chi connectivity index (χ2n) is 6.97. The quantitative estimate of drug-likeness (QED) is 0.415. The van der Waals surface area contributed by atoms with Crippen LogP contribution in [0.3, 0.4) is 0 Å². The molecule has 5 rings (SSSR count). The van der Waals surface area contributed by atoms with E-state index in [1.54, 1.807) is 29.5 Å². The minimum Gasteiger partial charge on any atom is -0.506 e. The number of halogens is 1. The van der Waals surface area contributed by atoms with Gasteiger partial charge in [-0.2, -0.15) is 0 Å². The molecule has 0 saturated heterocycles. The van der Waals surface area contributed by atoms with E-state index >= 15 is 0 Å². The van der Waals surface area contributed by atoms with E-state index < -0.39 is 0 Å². The highest BCUT2D eigenvalue weighted by Crippen LogP contribution is 2.41. The van der Waals surface area contributed by atoms with Crippen LogP contribution in [-0.2, 0) is 19.3 Å². The van der Waals surface area contributed by atoms with Crippen LogP contribution in [0, 0.1) is 0 Å². The second-order valence-corrected chi connectivity index (χ2v) is 8.49. The van der Waals surface area contributed by atoms with Crippen molar-refractivity contribution in [2.24, 2.45) is 0 Å². The zero-order valence-electron chi connectivity index (χ0n) is 15.1. The number of thiophene rings is 1. The lowest BCUT2D eigenvalue weighted by atomic mass is 10.1. The molecule has 0 aliphatic heterocycles. The highest BCUT2D eigenvalue weighted by atomic mass is 35.5. The molecule has 1 aliphatic rings. The molecule has 0 unspecified atom stereocenters. The molecule has 140 valence electrons. The molecule has 0 bridgehead atoms. The van der Waals surface area contributed by atoms with Gasteiger partial charge in [0.15, 0.2) is 0 Å². The number of aryl methyl sites for hydroxylation is 2. The van der Waals surface area contributed by atoms with Crippen molar-refractivity contribution in [1.29, 1.82) is 0 Å². The summed E-state index contributed by atoms with van der Waals surface area (Å²) in [6.45, 7) is 0. The monoisotopic (exact) mass is 407 g/mol. The number of aromatic nitrogens is 2. The van der Waals surface area contributed by atoms with E-state index in [9.17, 15) is 5.11 Å². The average Bonchev–Trinajstić information content (AvgIpc) is 3.26. The highest BCUT2D eigenvalue weighted by molar-refractivity contribution is 7.19. The third-order valence-electron chi connectivity index (χ3n) is 5.03. The van der Waals surface area contributed by atoms with Gasteiger partial charge < -0.3 is 10.4 Å². The summed E-state index contributed by atoms with van der Waals surface area (Å²) in [4.78, 5) is 12.1. The maximum Gasteiger partial charge on any atom is 0.143 e. The van der Waals surface area contributed by atoms with Gasteiger partial charge >= 0.3 is 0 Å². The predicted molar refractivity (Wildman–Crippen MR) is 115 cm³/mol. The molecule has 0 radical (unpaired) electrons. The van der Waals surface area contributed by atoms with Crippen LogP contribution >= 0.6 is 22.9 Å². The molecular weight excluding hydrogens is 390 g/mol. The smallest absolute Gasteiger partial charge is 0.143 e. The number of phenolic OH excluding ortho intramolecular Hbond substituents is 1. The summed E-state index contributed by atoms with van der Waals surface area (Å²) in [6.07, 6.45) is 3.99. The van der Waals surface area contributed by atoms with Crippen molar-refractivity contribution < 1.29 is 5.11 Å². The summed E-state index contributed by atoms with van der Waals surface area (Å²) in [6, 6.07) is 15.2. The molecule has 28 heavy (non-hydrogen) atoms. The molecule has 6 heteroatoms. The van der Waals surface area contributed by atoms with Gasteiger partial charge in [-0.05, 0) is 48.6 Å². The first-order valence-electron chi connectivity index (χ1n) is 9.28. The van der Waals surface area contributed by atoms with Crippen LogP contribution in [0.15, 0.2) is 48.5 Å². The Morgan fingerprint density at radius 1 is 1.07 bits per heavy atom. The number of fused-ring (bicyclic) bond motifs is 3. The first kappa shape index (κ1) is 17.5. The van der Waals surface area contributed by atoms with Crippen LogP contribution in [0.1, 0.15) is 28.2 Å². The van der Waals surface area contributed by atoms with Crippen molar-refractivity contribution in [2.75, 3.05) is 5.32 Å². The van der Waals surface area contributed by atoms with Crippen LogP contribution in [-0.4, -0.2) is 15.1 Å². The molecule has 0 spiro atoms. The third-order valence-corrected chi connectivity index (χ3v) is 6.45. The van der Waals surface area contributed by atoms with Crippen molar-refractivity contribution in [3.8, 4) is 5.75 Å².